The van der Waals surface area contributed by atoms with E-state index in [0.717, 1.165) is 0 Å². The highest BCUT2D eigenvalue weighted by atomic mass is 19.3. The molecule has 1 heterocycles. The fraction of sp³-hybridized carbons (Fsp3) is 0.818. The molecule has 0 spiro atoms. The first kappa shape index (κ1) is 14.8. The van der Waals surface area contributed by atoms with Crippen molar-refractivity contribution in [3.8, 4) is 0 Å². The van der Waals surface area contributed by atoms with Crippen molar-refractivity contribution < 1.29 is 23.1 Å². The Morgan fingerprint density at radius 1 is 1.56 bits per heavy atom. The molecule has 0 aliphatic carbocycles. The van der Waals surface area contributed by atoms with Gasteiger partial charge in [-0.05, 0) is 6.42 Å². The lowest BCUT2D eigenvalue weighted by atomic mass is 9.93. The van der Waals surface area contributed by atoms with Gasteiger partial charge in [0.25, 0.3) is 5.92 Å². The van der Waals surface area contributed by atoms with Crippen LogP contribution in [0.5, 0.6) is 0 Å². The van der Waals surface area contributed by atoms with E-state index in [1.54, 1.807) is 6.92 Å². The van der Waals surface area contributed by atoms with Crippen LogP contribution in [-0.4, -0.2) is 44.0 Å². The Labute approximate surface area is 104 Å². The standard InChI is InChI=1S/C11H18F2N2O3/c1-3-8(10(17)18-2)15-9(16)7-6-14-5-4-11(7,12)13/h7-8,14H,3-6H2,1-2H3,(H,15,16)/t7?,8-/m0/s1. The number of carbonyl (C=O) groups is 2. The third-order valence-electron chi connectivity index (χ3n) is 3.02. The second-order valence-electron chi connectivity index (χ2n) is 4.26. The minimum Gasteiger partial charge on any atom is -0.467 e. The Balaban J connectivity index is 2.66. The van der Waals surface area contributed by atoms with E-state index >= 15 is 0 Å². The maximum atomic E-state index is 13.5. The van der Waals surface area contributed by atoms with Crippen molar-refractivity contribution in [2.24, 2.45) is 5.92 Å². The van der Waals surface area contributed by atoms with Gasteiger partial charge in [0.2, 0.25) is 5.91 Å². The summed E-state index contributed by atoms with van der Waals surface area (Å²) in [6.07, 6.45) is -0.0791. The summed E-state index contributed by atoms with van der Waals surface area (Å²) in [6, 6.07) is -0.875. The summed E-state index contributed by atoms with van der Waals surface area (Å²) in [5.41, 5.74) is 0. The summed E-state index contributed by atoms with van der Waals surface area (Å²) in [7, 11) is 1.19. The molecular formula is C11H18F2N2O3. The number of piperidine rings is 1. The van der Waals surface area contributed by atoms with E-state index in [-0.39, 0.29) is 19.5 Å². The molecule has 7 heteroatoms. The van der Waals surface area contributed by atoms with Crippen molar-refractivity contribution in [3.05, 3.63) is 0 Å². The smallest absolute Gasteiger partial charge is 0.328 e. The molecule has 1 unspecified atom stereocenters. The number of amides is 1. The number of nitrogens with one attached hydrogen (secondary N) is 2. The van der Waals surface area contributed by atoms with Crippen molar-refractivity contribution in [3.63, 3.8) is 0 Å². The summed E-state index contributed by atoms with van der Waals surface area (Å²) < 4.78 is 31.6. The van der Waals surface area contributed by atoms with Gasteiger partial charge in [0.05, 0.1) is 7.11 Å². The summed E-state index contributed by atoms with van der Waals surface area (Å²) in [5, 5.41) is 5.06. The van der Waals surface area contributed by atoms with E-state index < -0.39 is 29.8 Å². The van der Waals surface area contributed by atoms with E-state index in [9.17, 15) is 18.4 Å². The van der Waals surface area contributed by atoms with Crippen LogP contribution in [0.4, 0.5) is 8.78 Å². The predicted molar refractivity (Wildman–Crippen MR) is 60.2 cm³/mol. The van der Waals surface area contributed by atoms with E-state index in [2.05, 4.69) is 15.4 Å². The molecule has 5 nitrogen and oxygen atoms in total. The lowest BCUT2D eigenvalue weighted by molar-refractivity contribution is -0.151. The van der Waals surface area contributed by atoms with Crippen LogP contribution in [0, 0.1) is 5.92 Å². The highest BCUT2D eigenvalue weighted by Crippen LogP contribution is 2.30. The molecule has 1 aliphatic heterocycles. The van der Waals surface area contributed by atoms with Crippen molar-refractivity contribution in [1.29, 1.82) is 0 Å². The first-order valence-corrected chi connectivity index (χ1v) is 5.89. The molecule has 0 saturated carbocycles. The molecule has 0 aromatic rings. The first-order chi connectivity index (χ1) is 8.42. The van der Waals surface area contributed by atoms with Gasteiger partial charge in [0.1, 0.15) is 12.0 Å². The minimum absolute atomic E-state index is 0.0869. The van der Waals surface area contributed by atoms with Crippen LogP contribution >= 0.6 is 0 Å². The second-order valence-corrected chi connectivity index (χ2v) is 4.26. The quantitative estimate of drug-likeness (QED) is 0.717. The van der Waals surface area contributed by atoms with Gasteiger partial charge >= 0.3 is 5.97 Å². The number of carbonyl (C=O) groups excluding carboxylic acids is 2. The Morgan fingerprint density at radius 2 is 2.22 bits per heavy atom. The average Bonchev–Trinajstić information content (AvgIpc) is 2.34. The normalized spacial score (nSPS) is 24.1. The van der Waals surface area contributed by atoms with Crippen LogP contribution in [0.25, 0.3) is 0 Å². The predicted octanol–water partition coefficient (Wildman–Crippen LogP) is 0.299. The number of halogens is 2. The van der Waals surface area contributed by atoms with Crippen LogP contribution in [0.15, 0.2) is 0 Å². The Kier molecular flexibility index (Phi) is 5.01. The first-order valence-electron chi connectivity index (χ1n) is 5.89. The molecule has 1 amide bonds. The monoisotopic (exact) mass is 264 g/mol. The number of methoxy groups -OCH3 is 1. The highest BCUT2D eigenvalue weighted by molar-refractivity contribution is 5.86. The van der Waals surface area contributed by atoms with Gasteiger partial charge in [0.15, 0.2) is 0 Å². The zero-order chi connectivity index (χ0) is 13.8. The molecule has 0 aromatic heterocycles. The molecule has 0 aromatic carbocycles. The lowest BCUT2D eigenvalue weighted by Crippen LogP contribution is -2.54. The van der Waals surface area contributed by atoms with Crippen molar-refractivity contribution in [1.82, 2.24) is 10.6 Å². The van der Waals surface area contributed by atoms with Gasteiger partial charge in [-0.1, -0.05) is 6.92 Å². The zero-order valence-corrected chi connectivity index (χ0v) is 10.5. The fourth-order valence-corrected chi connectivity index (χ4v) is 1.85. The molecular weight excluding hydrogens is 246 g/mol. The van der Waals surface area contributed by atoms with Crippen LogP contribution in [0.1, 0.15) is 19.8 Å². The third kappa shape index (κ3) is 3.38. The Bertz CT molecular complexity index is 323. The summed E-state index contributed by atoms with van der Waals surface area (Å²) in [6.45, 7) is 1.76. The van der Waals surface area contributed by atoms with Gasteiger partial charge < -0.3 is 15.4 Å². The molecule has 0 bridgehead atoms. The molecule has 2 atom stereocenters. The Morgan fingerprint density at radius 3 is 2.72 bits per heavy atom. The molecule has 1 aliphatic rings. The SMILES string of the molecule is CC[C@H](NC(=O)C1CNCCC1(F)F)C(=O)OC. The minimum atomic E-state index is -3.04. The molecule has 0 radical (unpaired) electrons. The van der Waals surface area contributed by atoms with E-state index in [1.807, 2.05) is 0 Å². The molecule has 18 heavy (non-hydrogen) atoms. The van der Waals surface area contributed by atoms with E-state index in [0.29, 0.717) is 6.42 Å². The maximum Gasteiger partial charge on any atom is 0.328 e. The number of ether oxygens (including phenoxy) is 1. The van der Waals surface area contributed by atoms with E-state index in [1.165, 1.54) is 7.11 Å². The average molecular weight is 264 g/mol. The largest absolute Gasteiger partial charge is 0.467 e. The van der Waals surface area contributed by atoms with Gasteiger partial charge in [-0.25, -0.2) is 13.6 Å². The number of rotatable bonds is 4. The van der Waals surface area contributed by atoms with Gasteiger partial charge in [-0.3, -0.25) is 4.79 Å². The van der Waals surface area contributed by atoms with Crippen molar-refractivity contribution >= 4 is 11.9 Å². The van der Waals surface area contributed by atoms with Crippen LogP contribution in [0.3, 0.4) is 0 Å². The number of hydrogen-bond acceptors (Lipinski definition) is 4. The lowest BCUT2D eigenvalue weighted by Gasteiger charge is -2.31. The molecule has 2 N–H and O–H groups in total. The van der Waals surface area contributed by atoms with Gasteiger partial charge in [-0.2, -0.15) is 0 Å². The topological polar surface area (TPSA) is 67.4 Å². The second kappa shape index (κ2) is 6.08. The van der Waals surface area contributed by atoms with Crippen molar-refractivity contribution in [2.45, 2.75) is 31.7 Å². The van der Waals surface area contributed by atoms with Crippen LogP contribution < -0.4 is 10.6 Å². The highest BCUT2D eigenvalue weighted by Gasteiger charge is 2.46. The molecule has 1 fully saturated rings. The van der Waals surface area contributed by atoms with Crippen LogP contribution in [0.2, 0.25) is 0 Å². The zero-order valence-electron chi connectivity index (χ0n) is 10.5. The van der Waals surface area contributed by atoms with E-state index in [4.69, 9.17) is 0 Å². The van der Waals surface area contributed by atoms with Crippen LogP contribution in [-0.2, 0) is 14.3 Å². The third-order valence-corrected chi connectivity index (χ3v) is 3.02. The summed E-state index contributed by atoms with van der Waals surface area (Å²) in [4.78, 5) is 23.0. The fourth-order valence-electron chi connectivity index (χ4n) is 1.85. The maximum absolute atomic E-state index is 13.5. The Hall–Kier alpha value is -1.24. The summed E-state index contributed by atoms with van der Waals surface area (Å²) in [5.74, 6) is -5.92. The van der Waals surface area contributed by atoms with Crippen molar-refractivity contribution in [2.75, 3.05) is 20.2 Å². The van der Waals surface area contributed by atoms with Gasteiger partial charge in [0, 0.05) is 19.5 Å². The molecule has 1 rings (SSSR count). The summed E-state index contributed by atoms with van der Waals surface area (Å²) >= 11 is 0. The number of esters is 1. The molecule has 104 valence electrons. The molecule has 1 saturated heterocycles. The number of hydrogen-bond donors (Lipinski definition) is 2. The van der Waals surface area contributed by atoms with Gasteiger partial charge in [-0.15, -0.1) is 0 Å². The number of alkyl halides is 2.